The molecule has 166 valence electrons. The lowest BCUT2D eigenvalue weighted by Gasteiger charge is -2.21. The highest BCUT2D eigenvalue weighted by Gasteiger charge is 2.22. The van der Waals surface area contributed by atoms with E-state index in [0.717, 1.165) is 0 Å². The van der Waals surface area contributed by atoms with Crippen LogP contribution in [0.5, 0.6) is 0 Å². The zero-order chi connectivity index (χ0) is 23.9. The molecule has 12 heteroatoms. The second-order valence-corrected chi connectivity index (χ2v) is 7.91. The molecule has 0 aliphatic carbocycles. The molecule has 0 aliphatic heterocycles. The molecule has 0 amide bonds. The maximum absolute atomic E-state index is 14.6. The molecule has 0 bridgehead atoms. The van der Waals surface area contributed by atoms with Gasteiger partial charge in [0, 0.05) is 10.0 Å². The molecule has 1 atom stereocenters. The predicted octanol–water partition coefficient (Wildman–Crippen LogP) is 3.83. The summed E-state index contributed by atoms with van der Waals surface area (Å²) in [7, 11) is 0. The third kappa shape index (κ3) is 4.11. The quantitative estimate of drug-likeness (QED) is 0.395. The van der Waals surface area contributed by atoms with Crippen molar-refractivity contribution in [3.05, 3.63) is 74.0 Å². The summed E-state index contributed by atoms with van der Waals surface area (Å²) in [6.45, 7) is 1.67. The Morgan fingerprint density at radius 2 is 1.85 bits per heavy atom. The molecule has 0 radical (unpaired) electrons. The second-order valence-electron chi connectivity index (χ2n) is 7.04. The van der Waals surface area contributed by atoms with Crippen molar-refractivity contribution in [2.75, 3.05) is 16.8 Å². The molecule has 2 aromatic carbocycles. The standard InChI is InChI=1S/C21H15Cl2FN8O/c1-9(28-18-13(8-25)17(26)30-21(27)31-18)19-29-15-4-2-3-14(24)16(15)20(33)32(19)12-6-10(22)5-11(23)7-12/h2-7,9H,1H3,(H5,26,27,28,30,31). The van der Waals surface area contributed by atoms with Crippen molar-refractivity contribution >= 4 is 51.7 Å². The van der Waals surface area contributed by atoms with Crippen LogP contribution in [0.3, 0.4) is 0 Å². The number of anilines is 3. The van der Waals surface area contributed by atoms with E-state index < -0.39 is 17.4 Å². The van der Waals surface area contributed by atoms with E-state index in [-0.39, 0.29) is 55.6 Å². The van der Waals surface area contributed by atoms with Crippen molar-refractivity contribution in [2.24, 2.45) is 0 Å². The Kier molecular flexibility index (Phi) is 5.76. The third-order valence-electron chi connectivity index (χ3n) is 4.78. The van der Waals surface area contributed by atoms with E-state index in [1.807, 2.05) is 6.07 Å². The number of nitrogens with two attached hydrogens (primary N) is 2. The number of nitriles is 1. The molecule has 2 heterocycles. The summed E-state index contributed by atoms with van der Waals surface area (Å²) in [4.78, 5) is 25.8. The van der Waals surface area contributed by atoms with Gasteiger partial charge in [0.1, 0.15) is 34.5 Å². The van der Waals surface area contributed by atoms with E-state index in [0.29, 0.717) is 0 Å². The molecule has 33 heavy (non-hydrogen) atoms. The number of nitrogens with one attached hydrogen (secondary N) is 1. The highest BCUT2D eigenvalue weighted by molar-refractivity contribution is 6.34. The van der Waals surface area contributed by atoms with Gasteiger partial charge >= 0.3 is 0 Å². The first-order valence-corrected chi connectivity index (χ1v) is 10.2. The summed E-state index contributed by atoms with van der Waals surface area (Å²) in [6.07, 6.45) is 0. The molecule has 5 N–H and O–H groups in total. The van der Waals surface area contributed by atoms with Gasteiger partial charge in [0.15, 0.2) is 5.82 Å². The molecule has 0 fully saturated rings. The number of benzene rings is 2. The highest BCUT2D eigenvalue weighted by atomic mass is 35.5. The maximum Gasteiger partial charge on any atom is 0.269 e. The van der Waals surface area contributed by atoms with E-state index in [9.17, 15) is 14.4 Å². The summed E-state index contributed by atoms with van der Waals surface area (Å²) >= 11 is 12.3. The fraction of sp³-hybridized carbons (Fsp3) is 0.0952. The van der Waals surface area contributed by atoms with Crippen molar-refractivity contribution in [1.82, 2.24) is 19.5 Å². The second kappa shape index (κ2) is 8.54. The Morgan fingerprint density at radius 1 is 1.15 bits per heavy atom. The number of fused-ring (bicyclic) bond motifs is 1. The van der Waals surface area contributed by atoms with Gasteiger partial charge in [-0.25, -0.2) is 9.37 Å². The van der Waals surface area contributed by atoms with Crippen molar-refractivity contribution in [2.45, 2.75) is 13.0 Å². The minimum absolute atomic E-state index is 0.0254. The van der Waals surface area contributed by atoms with Gasteiger partial charge in [0.25, 0.3) is 5.56 Å². The SMILES string of the molecule is CC(Nc1nc(N)nc(N)c1C#N)c1nc2cccc(F)c2c(=O)n1-c1cc(Cl)cc(Cl)c1. The van der Waals surface area contributed by atoms with E-state index in [2.05, 4.69) is 20.3 Å². The van der Waals surface area contributed by atoms with E-state index in [1.54, 1.807) is 6.92 Å². The van der Waals surface area contributed by atoms with Crippen LogP contribution in [-0.2, 0) is 0 Å². The van der Waals surface area contributed by atoms with Crippen LogP contribution in [0, 0.1) is 17.1 Å². The van der Waals surface area contributed by atoms with Gasteiger partial charge in [-0.05, 0) is 37.3 Å². The van der Waals surface area contributed by atoms with E-state index >= 15 is 0 Å². The Labute approximate surface area is 196 Å². The first-order chi connectivity index (χ1) is 15.7. The topological polar surface area (TPSA) is 149 Å². The van der Waals surface area contributed by atoms with Gasteiger partial charge in [0.2, 0.25) is 5.95 Å². The molecule has 0 saturated heterocycles. The molecule has 2 aromatic heterocycles. The zero-order valence-corrected chi connectivity index (χ0v) is 18.5. The van der Waals surface area contributed by atoms with Crippen molar-refractivity contribution < 1.29 is 4.39 Å². The zero-order valence-electron chi connectivity index (χ0n) is 17.0. The lowest BCUT2D eigenvalue weighted by Crippen LogP contribution is -2.28. The van der Waals surface area contributed by atoms with Gasteiger partial charge < -0.3 is 16.8 Å². The fourth-order valence-electron chi connectivity index (χ4n) is 3.40. The molecule has 4 rings (SSSR count). The molecule has 1 unspecified atom stereocenters. The Hall–Kier alpha value is -3.94. The number of hydrogen-bond acceptors (Lipinski definition) is 8. The largest absolute Gasteiger partial charge is 0.382 e. The van der Waals surface area contributed by atoms with Gasteiger partial charge in [-0.2, -0.15) is 15.2 Å². The molecule has 9 nitrogen and oxygen atoms in total. The summed E-state index contributed by atoms with van der Waals surface area (Å²) in [5.74, 6) is -0.737. The smallest absolute Gasteiger partial charge is 0.269 e. The average molecular weight is 485 g/mol. The first kappa shape index (κ1) is 22.3. The fourth-order valence-corrected chi connectivity index (χ4v) is 3.91. The Balaban J connectivity index is 1.97. The highest BCUT2D eigenvalue weighted by Crippen LogP contribution is 2.27. The predicted molar refractivity (Wildman–Crippen MR) is 125 cm³/mol. The lowest BCUT2D eigenvalue weighted by atomic mass is 10.2. The molecule has 0 saturated carbocycles. The molecular formula is C21H15Cl2FN8O. The van der Waals surface area contributed by atoms with Gasteiger partial charge in [-0.3, -0.25) is 9.36 Å². The minimum Gasteiger partial charge on any atom is -0.382 e. The molecule has 0 aliphatic rings. The van der Waals surface area contributed by atoms with Gasteiger partial charge in [-0.15, -0.1) is 0 Å². The number of nitrogen functional groups attached to an aromatic ring is 2. The van der Waals surface area contributed by atoms with Crippen molar-refractivity contribution in [1.29, 1.82) is 5.26 Å². The normalized spacial score (nSPS) is 11.8. The van der Waals surface area contributed by atoms with Gasteiger partial charge in [0.05, 0.1) is 17.2 Å². The summed E-state index contributed by atoms with van der Waals surface area (Å²) in [5, 5.41) is 12.8. The summed E-state index contributed by atoms with van der Waals surface area (Å²) < 4.78 is 15.8. The maximum atomic E-state index is 14.6. The van der Waals surface area contributed by atoms with Crippen LogP contribution in [-0.4, -0.2) is 19.5 Å². The minimum atomic E-state index is -0.732. The van der Waals surface area contributed by atoms with Crippen LogP contribution in [0.2, 0.25) is 10.0 Å². The number of hydrogen-bond donors (Lipinski definition) is 3. The number of rotatable bonds is 4. The Bertz CT molecular complexity index is 1500. The third-order valence-corrected chi connectivity index (χ3v) is 5.22. The van der Waals surface area contributed by atoms with Crippen molar-refractivity contribution in [3.63, 3.8) is 0 Å². The average Bonchev–Trinajstić information content (AvgIpc) is 2.72. The summed E-state index contributed by atoms with van der Waals surface area (Å²) in [5.41, 5.74) is 11.2. The summed E-state index contributed by atoms with van der Waals surface area (Å²) in [6, 6.07) is 9.83. The van der Waals surface area contributed by atoms with Crippen LogP contribution in [0.25, 0.3) is 16.6 Å². The van der Waals surface area contributed by atoms with Crippen LogP contribution < -0.4 is 22.3 Å². The van der Waals surface area contributed by atoms with Crippen LogP contribution in [0.15, 0.2) is 41.2 Å². The number of halogens is 3. The van der Waals surface area contributed by atoms with Crippen LogP contribution in [0.4, 0.5) is 22.0 Å². The number of aromatic nitrogens is 4. The first-order valence-electron chi connectivity index (χ1n) is 9.47. The molecular weight excluding hydrogens is 470 g/mol. The van der Waals surface area contributed by atoms with Crippen molar-refractivity contribution in [3.8, 4) is 11.8 Å². The monoisotopic (exact) mass is 484 g/mol. The van der Waals surface area contributed by atoms with Crippen LogP contribution >= 0.6 is 23.2 Å². The molecule has 0 spiro atoms. The van der Waals surface area contributed by atoms with E-state index in [4.69, 9.17) is 34.7 Å². The Morgan fingerprint density at radius 3 is 2.52 bits per heavy atom. The molecule has 4 aromatic rings. The lowest BCUT2D eigenvalue weighted by molar-refractivity contribution is 0.635. The number of nitrogens with zero attached hydrogens (tertiary/aromatic N) is 5. The van der Waals surface area contributed by atoms with Crippen LogP contribution in [0.1, 0.15) is 24.4 Å². The van der Waals surface area contributed by atoms with Gasteiger partial charge in [-0.1, -0.05) is 29.3 Å². The van der Waals surface area contributed by atoms with E-state index in [1.165, 1.54) is 41.0 Å².